The van der Waals surface area contributed by atoms with Gasteiger partial charge in [-0.05, 0) is 31.0 Å². The number of rotatable bonds is 4. The zero-order chi connectivity index (χ0) is 13.8. The molecular weight excluding hydrogens is 240 g/mol. The number of hydrogen-bond acceptors (Lipinski definition) is 2. The van der Waals surface area contributed by atoms with Crippen LogP contribution in [0.3, 0.4) is 0 Å². The maximum atomic E-state index is 12.0. The molecule has 2 amide bonds. The zero-order valence-electron chi connectivity index (χ0n) is 11.5. The van der Waals surface area contributed by atoms with Crippen molar-refractivity contribution in [2.75, 3.05) is 18.0 Å². The molecule has 1 aliphatic heterocycles. The summed E-state index contributed by atoms with van der Waals surface area (Å²) in [7, 11) is 0. The SMILES string of the molecule is CCNC(=O)[C@@H]1CC(=O)N(c2ccc(CC)cc2)C1. The molecule has 1 heterocycles. The van der Waals surface area contributed by atoms with Crippen molar-refractivity contribution in [1.82, 2.24) is 5.32 Å². The molecule has 0 aromatic heterocycles. The van der Waals surface area contributed by atoms with Gasteiger partial charge in [0.1, 0.15) is 0 Å². The Morgan fingerprint density at radius 1 is 1.32 bits per heavy atom. The van der Waals surface area contributed by atoms with Crippen molar-refractivity contribution in [3.8, 4) is 0 Å². The first kappa shape index (κ1) is 13.6. The van der Waals surface area contributed by atoms with Gasteiger partial charge in [-0.2, -0.15) is 0 Å². The van der Waals surface area contributed by atoms with Gasteiger partial charge >= 0.3 is 0 Å². The number of hydrogen-bond donors (Lipinski definition) is 1. The standard InChI is InChI=1S/C15H20N2O2/c1-3-11-5-7-13(8-6-11)17-10-12(9-14(17)18)15(19)16-4-2/h5-8,12H,3-4,9-10H2,1-2H3,(H,16,19)/t12-/m1/s1. The fourth-order valence-electron chi connectivity index (χ4n) is 2.36. The number of aryl methyl sites for hydroxylation is 1. The van der Waals surface area contributed by atoms with Crippen LogP contribution in [0.1, 0.15) is 25.8 Å². The molecule has 1 aliphatic rings. The zero-order valence-corrected chi connectivity index (χ0v) is 11.5. The fraction of sp³-hybridized carbons (Fsp3) is 0.467. The second kappa shape index (κ2) is 5.87. The number of carbonyl (C=O) groups excluding carboxylic acids is 2. The van der Waals surface area contributed by atoms with Crippen LogP contribution in [-0.4, -0.2) is 24.9 Å². The Hall–Kier alpha value is -1.84. The molecule has 1 fully saturated rings. The van der Waals surface area contributed by atoms with Crippen LogP contribution in [-0.2, 0) is 16.0 Å². The van der Waals surface area contributed by atoms with Gasteiger partial charge in [-0.25, -0.2) is 0 Å². The molecule has 1 saturated heterocycles. The predicted octanol–water partition coefficient (Wildman–Crippen LogP) is 1.74. The minimum Gasteiger partial charge on any atom is -0.356 e. The van der Waals surface area contributed by atoms with Crippen molar-refractivity contribution >= 4 is 17.5 Å². The highest BCUT2D eigenvalue weighted by atomic mass is 16.2. The van der Waals surface area contributed by atoms with Crippen molar-refractivity contribution in [2.24, 2.45) is 5.92 Å². The van der Waals surface area contributed by atoms with Gasteiger partial charge in [0, 0.05) is 25.2 Å². The fourth-order valence-corrected chi connectivity index (χ4v) is 2.36. The van der Waals surface area contributed by atoms with E-state index in [1.165, 1.54) is 5.56 Å². The molecule has 2 rings (SSSR count). The summed E-state index contributed by atoms with van der Waals surface area (Å²) in [4.78, 5) is 25.5. The van der Waals surface area contributed by atoms with Crippen LogP contribution >= 0.6 is 0 Å². The summed E-state index contributed by atoms with van der Waals surface area (Å²) in [5, 5.41) is 2.78. The third kappa shape index (κ3) is 2.95. The van der Waals surface area contributed by atoms with E-state index in [4.69, 9.17) is 0 Å². The van der Waals surface area contributed by atoms with Gasteiger partial charge in [-0.3, -0.25) is 9.59 Å². The van der Waals surface area contributed by atoms with Crippen LogP contribution in [0.25, 0.3) is 0 Å². The summed E-state index contributed by atoms with van der Waals surface area (Å²) < 4.78 is 0. The topological polar surface area (TPSA) is 49.4 Å². The van der Waals surface area contributed by atoms with Gasteiger partial charge in [0.15, 0.2) is 0 Å². The second-order valence-electron chi connectivity index (χ2n) is 4.82. The first-order valence-electron chi connectivity index (χ1n) is 6.82. The normalized spacial score (nSPS) is 18.7. The van der Waals surface area contributed by atoms with Crippen LogP contribution in [0.5, 0.6) is 0 Å². The number of anilines is 1. The van der Waals surface area contributed by atoms with Crippen LogP contribution < -0.4 is 10.2 Å². The van der Waals surface area contributed by atoms with E-state index < -0.39 is 0 Å². The predicted molar refractivity (Wildman–Crippen MR) is 75.0 cm³/mol. The second-order valence-corrected chi connectivity index (χ2v) is 4.82. The summed E-state index contributed by atoms with van der Waals surface area (Å²) in [6.45, 7) is 5.07. The highest BCUT2D eigenvalue weighted by molar-refractivity contribution is 6.00. The largest absolute Gasteiger partial charge is 0.356 e. The number of carbonyl (C=O) groups is 2. The monoisotopic (exact) mass is 260 g/mol. The van der Waals surface area contributed by atoms with E-state index in [9.17, 15) is 9.59 Å². The highest BCUT2D eigenvalue weighted by Gasteiger charge is 2.34. The molecule has 0 radical (unpaired) electrons. The van der Waals surface area contributed by atoms with E-state index in [1.807, 2.05) is 31.2 Å². The first-order chi connectivity index (χ1) is 9.15. The Morgan fingerprint density at radius 2 is 2.00 bits per heavy atom. The first-order valence-corrected chi connectivity index (χ1v) is 6.82. The highest BCUT2D eigenvalue weighted by Crippen LogP contribution is 2.25. The number of amides is 2. The Labute approximate surface area is 113 Å². The number of nitrogens with one attached hydrogen (secondary N) is 1. The van der Waals surface area contributed by atoms with Gasteiger partial charge in [-0.15, -0.1) is 0 Å². The summed E-state index contributed by atoms with van der Waals surface area (Å²) >= 11 is 0. The number of benzene rings is 1. The molecule has 4 nitrogen and oxygen atoms in total. The van der Waals surface area contributed by atoms with E-state index in [0.717, 1.165) is 12.1 Å². The summed E-state index contributed by atoms with van der Waals surface area (Å²) in [6, 6.07) is 7.97. The lowest BCUT2D eigenvalue weighted by Crippen LogP contribution is -2.32. The van der Waals surface area contributed by atoms with Crippen molar-refractivity contribution in [3.63, 3.8) is 0 Å². The summed E-state index contributed by atoms with van der Waals surface area (Å²) in [6.07, 6.45) is 1.29. The van der Waals surface area contributed by atoms with Gasteiger partial charge in [-0.1, -0.05) is 19.1 Å². The lowest BCUT2D eigenvalue weighted by atomic mass is 10.1. The molecular formula is C15H20N2O2. The Bertz CT molecular complexity index is 468. The van der Waals surface area contributed by atoms with E-state index >= 15 is 0 Å². The van der Waals surface area contributed by atoms with Crippen molar-refractivity contribution in [1.29, 1.82) is 0 Å². The molecule has 1 aromatic carbocycles. The maximum absolute atomic E-state index is 12.0. The molecule has 1 N–H and O–H groups in total. The molecule has 1 aromatic rings. The molecule has 0 bridgehead atoms. The Morgan fingerprint density at radius 3 is 2.58 bits per heavy atom. The minimum atomic E-state index is -0.224. The average Bonchev–Trinajstić information content (AvgIpc) is 2.81. The third-order valence-corrected chi connectivity index (χ3v) is 3.50. The Balaban J connectivity index is 2.08. The molecule has 0 unspecified atom stereocenters. The van der Waals surface area contributed by atoms with Gasteiger partial charge in [0.25, 0.3) is 0 Å². The van der Waals surface area contributed by atoms with Gasteiger partial charge < -0.3 is 10.2 Å². The third-order valence-electron chi connectivity index (χ3n) is 3.50. The van der Waals surface area contributed by atoms with Gasteiger partial charge in [0.2, 0.25) is 11.8 Å². The van der Waals surface area contributed by atoms with E-state index in [-0.39, 0.29) is 17.7 Å². The minimum absolute atomic E-state index is 0.0245. The molecule has 19 heavy (non-hydrogen) atoms. The van der Waals surface area contributed by atoms with Crippen LogP contribution in [0.2, 0.25) is 0 Å². The molecule has 0 spiro atoms. The molecule has 0 aliphatic carbocycles. The lowest BCUT2D eigenvalue weighted by Gasteiger charge is -2.17. The van der Waals surface area contributed by atoms with E-state index in [2.05, 4.69) is 12.2 Å². The van der Waals surface area contributed by atoms with Crippen LogP contribution in [0.4, 0.5) is 5.69 Å². The molecule has 102 valence electrons. The summed E-state index contributed by atoms with van der Waals surface area (Å²) in [5.41, 5.74) is 2.13. The molecule has 1 atom stereocenters. The van der Waals surface area contributed by atoms with Crippen LogP contribution in [0, 0.1) is 5.92 Å². The summed E-state index contributed by atoms with van der Waals surface area (Å²) in [5.74, 6) is -0.220. The van der Waals surface area contributed by atoms with Crippen molar-refractivity contribution in [2.45, 2.75) is 26.7 Å². The van der Waals surface area contributed by atoms with Crippen molar-refractivity contribution in [3.05, 3.63) is 29.8 Å². The lowest BCUT2D eigenvalue weighted by molar-refractivity contribution is -0.126. The van der Waals surface area contributed by atoms with Crippen molar-refractivity contribution < 1.29 is 9.59 Å². The van der Waals surface area contributed by atoms with Crippen LogP contribution in [0.15, 0.2) is 24.3 Å². The number of nitrogens with zero attached hydrogens (tertiary/aromatic N) is 1. The van der Waals surface area contributed by atoms with E-state index in [0.29, 0.717) is 19.5 Å². The van der Waals surface area contributed by atoms with Gasteiger partial charge in [0.05, 0.1) is 5.92 Å². The molecule has 4 heteroatoms. The quantitative estimate of drug-likeness (QED) is 0.896. The Kier molecular flexibility index (Phi) is 4.20. The molecule has 0 saturated carbocycles. The smallest absolute Gasteiger partial charge is 0.227 e. The maximum Gasteiger partial charge on any atom is 0.227 e. The van der Waals surface area contributed by atoms with E-state index in [1.54, 1.807) is 4.90 Å². The average molecular weight is 260 g/mol.